The van der Waals surface area contributed by atoms with Crippen LogP contribution in [0.5, 0.6) is 0 Å². The molecule has 31 heavy (non-hydrogen) atoms. The first kappa shape index (κ1) is 19.7. The normalized spacial score (nSPS) is 11.3. The monoisotopic (exact) mass is 407 g/mol. The third-order valence-corrected chi connectivity index (χ3v) is 4.90. The van der Waals surface area contributed by atoms with Crippen molar-refractivity contribution >= 4 is 17.5 Å². The number of hydrazone groups is 1. The van der Waals surface area contributed by atoms with E-state index in [0.717, 1.165) is 27.8 Å². The number of hydrogen-bond acceptors (Lipinski definition) is 6. The number of rotatable bonds is 5. The number of carbonyl (C=O) groups is 1. The molecule has 0 atom stereocenters. The second-order valence-corrected chi connectivity index (χ2v) is 6.81. The number of anilines is 1. The molecule has 4 rings (SSSR count). The van der Waals surface area contributed by atoms with Gasteiger partial charge in [0.1, 0.15) is 12.1 Å². The van der Waals surface area contributed by atoms with E-state index in [-0.39, 0.29) is 5.71 Å². The molecule has 150 valence electrons. The van der Waals surface area contributed by atoms with Gasteiger partial charge in [-0.3, -0.25) is 5.43 Å². The van der Waals surface area contributed by atoms with E-state index in [2.05, 4.69) is 15.8 Å². The molecule has 0 saturated carbocycles. The number of carbonyl (C=O) groups excluding carboxylic acids is 1. The standard InChI is InChI=1S/C24H17N5O2/c25-13-18(14-26)29-28-17-11-9-16(10-12-17)15-27-24(30)31-23-21-7-3-1-5-19(21)20-6-2-4-8-22(20)23/h1-12,23,28H,15H2,(H,27,30). The van der Waals surface area contributed by atoms with Gasteiger partial charge in [-0.25, -0.2) is 4.79 Å². The smallest absolute Gasteiger partial charge is 0.408 e. The maximum atomic E-state index is 12.5. The number of nitrogens with one attached hydrogen (secondary N) is 2. The van der Waals surface area contributed by atoms with Gasteiger partial charge in [0.2, 0.25) is 5.71 Å². The van der Waals surface area contributed by atoms with Crippen molar-refractivity contribution in [2.24, 2.45) is 5.10 Å². The van der Waals surface area contributed by atoms with E-state index in [1.165, 1.54) is 0 Å². The molecule has 0 aliphatic heterocycles. The summed E-state index contributed by atoms with van der Waals surface area (Å²) in [5.41, 5.74) is 7.97. The molecule has 1 aliphatic rings. The highest BCUT2D eigenvalue weighted by atomic mass is 16.6. The predicted octanol–water partition coefficient (Wildman–Crippen LogP) is 4.50. The van der Waals surface area contributed by atoms with Gasteiger partial charge in [-0.05, 0) is 28.8 Å². The molecule has 1 aliphatic carbocycles. The van der Waals surface area contributed by atoms with Crippen molar-refractivity contribution in [2.75, 3.05) is 5.43 Å². The molecular formula is C24H17N5O2. The lowest BCUT2D eigenvalue weighted by atomic mass is 10.1. The van der Waals surface area contributed by atoms with E-state index in [1.54, 1.807) is 36.4 Å². The molecule has 0 unspecified atom stereocenters. The summed E-state index contributed by atoms with van der Waals surface area (Å²) in [7, 11) is 0. The zero-order valence-corrected chi connectivity index (χ0v) is 16.4. The summed E-state index contributed by atoms with van der Waals surface area (Å²) < 4.78 is 5.76. The van der Waals surface area contributed by atoms with Crippen molar-refractivity contribution in [2.45, 2.75) is 12.6 Å². The summed E-state index contributed by atoms with van der Waals surface area (Å²) in [6.45, 7) is 0.292. The average molecular weight is 407 g/mol. The first-order chi connectivity index (χ1) is 15.2. The lowest BCUT2D eigenvalue weighted by Crippen LogP contribution is -2.25. The predicted molar refractivity (Wildman–Crippen MR) is 116 cm³/mol. The highest BCUT2D eigenvalue weighted by Crippen LogP contribution is 2.44. The number of amides is 1. The third-order valence-electron chi connectivity index (χ3n) is 4.90. The lowest BCUT2D eigenvalue weighted by molar-refractivity contribution is 0.118. The van der Waals surface area contributed by atoms with E-state index in [9.17, 15) is 4.79 Å². The van der Waals surface area contributed by atoms with Gasteiger partial charge in [-0.15, -0.1) is 0 Å². The Labute approximate surface area is 179 Å². The first-order valence-corrected chi connectivity index (χ1v) is 9.55. The summed E-state index contributed by atoms with van der Waals surface area (Å²) in [6.07, 6.45) is -0.942. The van der Waals surface area contributed by atoms with Crippen LogP contribution in [0.25, 0.3) is 11.1 Å². The molecule has 0 bridgehead atoms. The molecule has 0 heterocycles. The molecule has 7 heteroatoms. The summed E-state index contributed by atoms with van der Waals surface area (Å²) in [5.74, 6) is 0. The number of nitrogens with zero attached hydrogens (tertiary/aromatic N) is 3. The fraction of sp³-hybridized carbons (Fsp3) is 0.0833. The van der Waals surface area contributed by atoms with Crippen molar-refractivity contribution < 1.29 is 9.53 Å². The third kappa shape index (κ3) is 4.21. The van der Waals surface area contributed by atoms with Gasteiger partial charge in [0, 0.05) is 17.7 Å². The molecule has 2 N–H and O–H groups in total. The van der Waals surface area contributed by atoms with Gasteiger partial charge in [0.15, 0.2) is 6.10 Å². The Morgan fingerprint density at radius 3 is 2.06 bits per heavy atom. The second-order valence-electron chi connectivity index (χ2n) is 6.81. The molecule has 7 nitrogen and oxygen atoms in total. The zero-order valence-electron chi connectivity index (χ0n) is 16.4. The Morgan fingerprint density at radius 2 is 1.48 bits per heavy atom. The largest absolute Gasteiger partial charge is 0.436 e. The van der Waals surface area contributed by atoms with E-state index in [0.29, 0.717) is 12.2 Å². The van der Waals surface area contributed by atoms with Gasteiger partial charge < -0.3 is 10.1 Å². The van der Waals surface area contributed by atoms with Crippen LogP contribution in [0.3, 0.4) is 0 Å². The highest BCUT2D eigenvalue weighted by molar-refractivity contribution is 6.10. The zero-order chi connectivity index (χ0) is 21.6. The topological polar surface area (TPSA) is 110 Å². The van der Waals surface area contributed by atoms with Crippen LogP contribution in [-0.4, -0.2) is 11.8 Å². The first-order valence-electron chi connectivity index (χ1n) is 9.55. The fourth-order valence-corrected chi connectivity index (χ4v) is 3.45. The summed E-state index contributed by atoms with van der Waals surface area (Å²) in [4.78, 5) is 12.5. The van der Waals surface area contributed by atoms with Crippen LogP contribution in [-0.2, 0) is 11.3 Å². The lowest BCUT2D eigenvalue weighted by Gasteiger charge is -2.15. The van der Waals surface area contributed by atoms with Gasteiger partial charge in [-0.1, -0.05) is 60.7 Å². The number of ether oxygens (including phenoxy) is 1. The quantitative estimate of drug-likeness (QED) is 0.478. The van der Waals surface area contributed by atoms with Crippen LogP contribution in [0.1, 0.15) is 22.8 Å². The maximum absolute atomic E-state index is 12.5. The minimum absolute atomic E-state index is 0.261. The molecule has 0 radical (unpaired) electrons. The van der Waals surface area contributed by atoms with Crippen LogP contribution in [0.15, 0.2) is 77.9 Å². The molecule has 3 aromatic rings. The number of alkyl carbamates (subject to hydrolysis) is 1. The molecule has 0 spiro atoms. The maximum Gasteiger partial charge on any atom is 0.408 e. The molecule has 3 aromatic carbocycles. The molecule has 0 aromatic heterocycles. The summed E-state index contributed by atoms with van der Waals surface area (Å²) >= 11 is 0. The Morgan fingerprint density at radius 1 is 0.903 bits per heavy atom. The summed E-state index contributed by atoms with van der Waals surface area (Å²) in [5, 5.41) is 23.8. The van der Waals surface area contributed by atoms with E-state index in [1.807, 2.05) is 48.5 Å². The van der Waals surface area contributed by atoms with Gasteiger partial charge in [0.25, 0.3) is 0 Å². The van der Waals surface area contributed by atoms with Crippen LogP contribution in [0.4, 0.5) is 10.5 Å². The van der Waals surface area contributed by atoms with E-state index in [4.69, 9.17) is 15.3 Å². The van der Waals surface area contributed by atoms with E-state index >= 15 is 0 Å². The van der Waals surface area contributed by atoms with Crippen molar-refractivity contribution in [1.29, 1.82) is 10.5 Å². The minimum atomic E-state index is -0.504. The van der Waals surface area contributed by atoms with Crippen LogP contribution < -0.4 is 10.7 Å². The molecule has 0 fully saturated rings. The van der Waals surface area contributed by atoms with Crippen molar-refractivity contribution in [3.05, 3.63) is 89.5 Å². The number of hydrogen-bond donors (Lipinski definition) is 2. The SMILES string of the molecule is N#CC(C#N)=NNc1ccc(CNC(=O)OC2c3ccccc3-c3ccccc32)cc1. The van der Waals surface area contributed by atoms with E-state index < -0.39 is 12.2 Å². The molecule has 0 saturated heterocycles. The summed E-state index contributed by atoms with van der Waals surface area (Å²) in [6, 6.07) is 26.3. The van der Waals surface area contributed by atoms with Gasteiger partial charge >= 0.3 is 6.09 Å². The minimum Gasteiger partial charge on any atom is -0.436 e. The molecule has 1 amide bonds. The van der Waals surface area contributed by atoms with Gasteiger partial charge in [0.05, 0.1) is 5.69 Å². The fourth-order valence-electron chi connectivity index (χ4n) is 3.45. The molecular weight excluding hydrogens is 390 g/mol. The average Bonchev–Trinajstić information content (AvgIpc) is 3.13. The van der Waals surface area contributed by atoms with Crippen LogP contribution >= 0.6 is 0 Å². The van der Waals surface area contributed by atoms with Crippen molar-refractivity contribution in [1.82, 2.24) is 5.32 Å². The second kappa shape index (κ2) is 8.81. The Hall–Kier alpha value is -4.62. The van der Waals surface area contributed by atoms with Crippen molar-refractivity contribution in [3.8, 4) is 23.3 Å². The van der Waals surface area contributed by atoms with Crippen LogP contribution in [0.2, 0.25) is 0 Å². The Bertz CT molecular complexity index is 1170. The number of nitriles is 2. The number of fused-ring (bicyclic) bond motifs is 3. The highest BCUT2D eigenvalue weighted by Gasteiger charge is 2.30. The van der Waals surface area contributed by atoms with Crippen molar-refractivity contribution in [3.63, 3.8) is 0 Å². The Balaban J connectivity index is 1.38. The van der Waals surface area contributed by atoms with Gasteiger partial charge in [-0.2, -0.15) is 15.6 Å². The number of benzene rings is 3. The Kier molecular flexibility index (Phi) is 5.59. The van der Waals surface area contributed by atoms with Crippen LogP contribution in [0, 0.1) is 22.7 Å².